The number of hydrogen-bond donors (Lipinski definition) is 4. The third kappa shape index (κ3) is 18.9. The Morgan fingerprint density at radius 3 is 2.20 bits per heavy atom. The molecule has 1 aromatic rings. The van der Waals surface area contributed by atoms with Crippen LogP contribution >= 0.6 is 21.6 Å². The minimum absolute atomic E-state index is 0.120. The molecule has 0 bridgehead atoms. The van der Waals surface area contributed by atoms with E-state index in [0.717, 1.165) is 21.6 Å². The molecule has 1 rings (SSSR count). The molecule has 16 nitrogen and oxygen atoms in total. The number of nitrogens with zero attached hydrogens (tertiary/aromatic N) is 2. The lowest BCUT2D eigenvalue weighted by molar-refractivity contribution is -0.388. The highest BCUT2D eigenvalue weighted by Gasteiger charge is 2.21. The maximum Gasteiger partial charge on any atom is 0.302 e. The van der Waals surface area contributed by atoms with Crippen LogP contribution in [0.25, 0.3) is 0 Å². The van der Waals surface area contributed by atoms with Gasteiger partial charge in [0.15, 0.2) is 5.03 Å². The predicted molar refractivity (Wildman–Crippen MR) is 150 cm³/mol. The molecule has 1 heterocycles. The minimum Gasteiger partial charge on any atom is -0.379 e. The van der Waals surface area contributed by atoms with E-state index in [-0.39, 0.29) is 61.0 Å². The van der Waals surface area contributed by atoms with Crippen molar-refractivity contribution in [3.8, 4) is 0 Å². The SMILES string of the molecule is CC(=O)N[C@@H](CSSc1ncccc1[N+](=O)[O-])C(=O)NCCOCCOCCOCCOCCC(=O)NCC(N)=O. The van der Waals surface area contributed by atoms with E-state index in [4.69, 9.17) is 24.7 Å². The van der Waals surface area contributed by atoms with Gasteiger partial charge in [0, 0.05) is 37.9 Å². The number of amides is 4. The molecule has 0 unspecified atom stereocenters. The van der Waals surface area contributed by atoms with Gasteiger partial charge in [0.05, 0.1) is 64.3 Å². The first-order chi connectivity index (χ1) is 19.7. The van der Waals surface area contributed by atoms with Crippen molar-refractivity contribution in [3.05, 3.63) is 28.4 Å². The number of nitrogens with one attached hydrogen (secondary N) is 3. The fourth-order valence-electron chi connectivity index (χ4n) is 2.74. The van der Waals surface area contributed by atoms with Gasteiger partial charge in [-0.25, -0.2) is 4.98 Å². The number of pyridine rings is 1. The van der Waals surface area contributed by atoms with Crippen LogP contribution < -0.4 is 21.7 Å². The number of nitrogens with two attached hydrogens (primary N) is 1. The Hall–Kier alpha value is -3.03. The number of carbonyl (C=O) groups is 4. The number of ether oxygens (including phenoxy) is 4. The molecular formula is C23H36N6O10S2. The number of rotatable bonds is 24. The van der Waals surface area contributed by atoms with Gasteiger partial charge in [-0.15, -0.1) is 0 Å². The third-order valence-electron chi connectivity index (χ3n) is 4.61. The number of nitro groups is 1. The Morgan fingerprint density at radius 1 is 1.00 bits per heavy atom. The van der Waals surface area contributed by atoms with Crippen LogP contribution in [0.5, 0.6) is 0 Å². The van der Waals surface area contributed by atoms with Crippen molar-refractivity contribution < 1.29 is 43.0 Å². The molecule has 0 aromatic carbocycles. The molecule has 0 fully saturated rings. The zero-order valence-electron chi connectivity index (χ0n) is 22.7. The molecule has 1 aromatic heterocycles. The molecular weight excluding hydrogens is 584 g/mol. The molecule has 0 saturated carbocycles. The zero-order valence-corrected chi connectivity index (χ0v) is 24.3. The Balaban J connectivity index is 2.06. The summed E-state index contributed by atoms with van der Waals surface area (Å²) in [7, 11) is 2.22. The van der Waals surface area contributed by atoms with Crippen LogP contribution in [0, 0.1) is 10.1 Å². The van der Waals surface area contributed by atoms with Crippen molar-refractivity contribution in [2.24, 2.45) is 5.73 Å². The van der Waals surface area contributed by atoms with E-state index >= 15 is 0 Å². The van der Waals surface area contributed by atoms with Gasteiger partial charge in [-0.1, -0.05) is 10.8 Å². The first kappa shape index (κ1) is 36.0. The van der Waals surface area contributed by atoms with Crippen LogP contribution in [0.2, 0.25) is 0 Å². The van der Waals surface area contributed by atoms with Crippen LogP contribution in [-0.2, 0) is 38.1 Å². The summed E-state index contributed by atoms with van der Waals surface area (Å²) in [6.07, 6.45) is 1.56. The molecule has 41 heavy (non-hydrogen) atoms. The van der Waals surface area contributed by atoms with Crippen molar-refractivity contribution in [1.82, 2.24) is 20.9 Å². The fourth-order valence-corrected chi connectivity index (χ4v) is 4.96. The van der Waals surface area contributed by atoms with E-state index in [1.54, 1.807) is 0 Å². The molecule has 4 amide bonds. The smallest absolute Gasteiger partial charge is 0.302 e. The molecule has 0 spiro atoms. The fraction of sp³-hybridized carbons (Fsp3) is 0.609. The van der Waals surface area contributed by atoms with Gasteiger partial charge < -0.3 is 40.6 Å². The highest BCUT2D eigenvalue weighted by molar-refractivity contribution is 8.76. The summed E-state index contributed by atoms with van der Waals surface area (Å²) in [5.74, 6) is -1.55. The summed E-state index contributed by atoms with van der Waals surface area (Å²) < 4.78 is 21.4. The van der Waals surface area contributed by atoms with Crippen LogP contribution in [0.1, 0.15) is 13.3 Å². The summed E-state index contributed by atoms with van der Waals surface area (Å²) in [6.45, 7) is 3.74. The summed E-state index contributed by atoms with van der Waals surface area (Å²) in [5, 5.41) is 18.9. The average Bonchev–Trinajstić information content (AvgIpc) is 2.93. The lowest BCUT2D eigenvalue weighted by Crippen LogP contribution is -2.48. The van der Waals surface area contributed by atoms with Gasteiger partial charge in [0.1, 0.15) is 6.04 Å². The topological polar surface area (TPSA) is 223 Å². The van der Waals surface area contributed by atoms with Crippen molar-refractivity contribution in [1.29, 1.82) is 0 Å². The van der Waals surface area contributed by atoms with Crippen LogP contribution in [0.3, 0.4) is 0 Å². The summed E-state index contributed by atoms with van der Waals surface area (Å²) in [6, 6.07) is 1.97. The summed E-state index contributed by atoms with van der Waals surface area (Å²) in [5.41, 5.74) is 4.79. The van der Waals surface area contributed by atoms with E-state index in [2.05, 4.69) is 20.9 Å². The summed E-state index contributed by atoms with van der Waals surface area (Å²) >= 11 is 0. The second-order valence-electron chi connectivity index (χ2n) is 7.94. The molecule has 1 atom stereocenters. The Morgan fingerprint density at radius 2 is 1.61 bits per heavy atom. The van der Waals surface area contributed by atoms with Gasteiger partial charge in [0.25, 0.3) is 0 Å². The standard InChI is InChI=1S/C23H36N6O10S2/c1-17(30)28-18(16-40-41-23-19(29(34)35)3-2-5-26-23)22(33)25-6-8-37-10-12-39-14-13-38-11-9-36-7-4-21(32)27-15-20(24)31/h2-3,5,18H,4,6-16H2,1H3,(H2,24,31)(H,25,33)(H,27,32)(H,28,30)/t18-/m0/s1. The molecule has 0 aliphatic carbocycles. The van der Waals surface area contributed by atoms with E-state index in [0.29, 0.717) is 39.6 Å². The molecule has 18 heteroatoms. The predicted octanol–water partition coefficient (Wildman–Crippen LogP) is -0.591. The molecule has 0 aliphatic rings. The highest BCUT2D eigenvalue weighted by Crippen LogP contribution is 2.35. The van der Waals surface area contributed by atoms with Crippen molar-refractivity contribution in [3.63, 3.8) is 0 Å². The van der Waals surface area contributed by atoms with E-state index < -0.39 is 22.8 Å². The Kier molecular flexibility index (Phi) is 19.9. The van der Waals surface area contributed by atoms with Crippen molar-refractivity contribution >= 4 is 50.9 Å². The molecule has 5 N–H and O–H groups in total. The summed E-state index contributed by atoms with van der Waals surface area (Å²) in [4.78, 5) is 60.5. The lowest BCUT2D eigenvalue weighted by Gasteiger charge is -2.17. The average molecular weight is 621 g/mol. The number of carbonyl (C=O) groups excluding carboxylic acids is 4. The second kappa shape index (κ2) is 22.6. The van der Waals surface area contributed by atoms with Gasteiger partial charge in [0.2, 0.25) is 23.6 Å². The lowest BCUT2D eigenvalue weighted by atomic mass is 10.3. The Bertz CT molecular complexity index is 975. The normalized spacial score (nSPS) is 11.4. The van der Waals surface area contributed by atoms with Crippen LogP contribution in [0.15, 0.2) is 23.4 Å². The zero-order chi connectivity index (χ0) is 30.3. The number of hydrogen-bond acceptors (Lipinski definition) is 13. The largest absolute Gasteiger partial charge is 0.379 e. The first-order valence-electron chi connectivity index (χ1n) is 12.5. The first-order valence-corrected chi connectivity index (χ1v) is 14.8. The number of aromatic nitrogens is 1. The second-order valence-corrected chi connectivity index (χ2v) is 10.3. The monoisotopic (exact) mass is 620 g/mol. The van der Waals surface area contributed by atoms with Gasteiger partial charge in [-0.2, -0.15) is 0 Å². The molecule has 0 saturated heterocycles. The highest BCUT2D eigenvalue weighted by atomic mass is 33.1. The maximum atomic E-state index is 12.5. The van der Waals surface area contributed by atoms with Crippen LogP contribution in [0.4, 0.5) is 5.69 Å². The van der Waals surface area contributed by atoms with E-state index in [1.807, 2.05) is 0 Å². The molecule has 0 radical (unpaired) electrons. The van der Waals surface area contributed by atoms with E-state index in [1.165, 1.54) is 25.3 Å². The minimum atomic E-state index is -0.839. The van der Waals surface area contributed by atoms with E-state index in [9.17, 15) is 29.3 Å². The van der Waals surface area contributed by atoms with Crippen LogP contribution in [-0.4, -0.2) is 111 Å². The van der Waals surface area contributed by atoms with Crippen molar-refractivity contribution in [2.75, 3.05) is 71.7 Å². The Labute approximate surface area is 245 Å². The molecule has 230 valence electrons. The van der Waals surface area contributed by atoms with Crippen molar-refractivity contribution in [2.45, 2.75) is 24.4 Å². The maximum absolute atomic E-state index is 12.5. The van der Waals surface area contributed by atoms with Gasteiger partial charge >= 0.3 is 5.69 Å². The van der Waals surface area contributed by atoms with Gasteiger partial charge in [-0.3, -0.25) is 29.3 Å². The number of primary amides is 1. The molecule has 0 aliphatic heterocycles. The van der Waals surface area contributed by atoms with Gasteiger partial charge in [-0.05, 0) is 16.9 Å². The quantitative estimate of drug-likeness (QED) is 0.0491. The third-order valence-corrected chi connectivity index (χ3v) is 6.90.